The Kier molecular flexibility index (Phi) is 1.40. The van der Waals surface area contributed by atoms with Gasteiger partial charge in [0.25, 0.3) is 0 Å². The highest BCUT2D eigenvalue weighted by atomic mass is 14.3. The highest BCUT2D eigenvalue weighted by Crippen LogP contribution is 2.40. The third-order valence-corrected chi connectivity index (χ3v) is 2.76. The number of allylic oxidation sites excluding steroid dienone is 3. The second kappa shape index (κ2) is 2.26. The molecule has 0 heteroatoms. The molecule has 0 N–H and O–H groups in total. The van der Waals surface area contributed by atoms with E-state index in [9.17, 15) is 0 Å². The van der Waals surface area contributed by atoms with Crippen LogP contribution in [-0.4, -0.2) is 0 Å². The predicted octanol–water partition coefficient (Wildman–Crippen LogP) is 3.06. The molecule has 0 aromatic carbocycles. The lowest BCUT2D eigenvalue weighted by molar-refractivity contribution is 0.372. The minimum Gasteiger partial charge on any atom is -0.0955 e. The molecule has 0 bridgehead atoms. The summed E-state index contributed by atoms with van der Waals surface area (Å²) in [6, 6.07) is 0. The van der Waals surface area contributed by atoms with Crippen LogP contribution in [0.15, 0.2) is 23.8 Å². The first-order chi connectivity index (χ1) is 4.88. The predicted molar refractivity (Wildman–Crippen MR) is 43.8 cm³/mol. The van der Waals surface area contributed by atoms with Crippen molar-refractivity contribution in [2.75, 3.05) is 0 Å². The van der Waals surface area contributed by atoms with Crippen LogP contribution in [0, 0.1) is 5.92 Å². The summed E-state index contributed by atoms with van der Waals surface area (Å²) in [6.45, 7) is 4.07. The first-order valence-corrected chi connectivity index (χ1v) is 4.26. The third-order valence-electron chi connectivity index (χ3n) is 2.76. The van der Waals surface area contributed by atoms with Gasteiger partial charge in [-0.25, -0.2) is 0 Å². The van der Waals surface area contributed by atoms with E-state index >= 15 is 0 Å². The third kappa shape index (κ3) is 0.828. The largest absolute Gasteiger partial charge is 0.0955 e. The minimum atomic E-state index is 0.912. The summed E-state index contributed by atoms with van der Waals surface area (Å²) in [6.07, 6.45) is 9.16. The molecule has 0 aliphatic heterocycles. The summed E-state index contributed by atoms with van der Waals surface area (Å²) in [5, 5.41) is 0. The molecule has 0 radical (unpaired) electrons. The zero-order valence-corrected chi connectivity index (χ0v) is 6.40. The molecular weight excluding hydrogens is 120 g/mol. The number of hydrogen-bond donors (Lipinski definition) is 0. The molecule has 0 spiro atoms. The molecule has 2 rings (SSSR count). The van der Waals surface area contributed by atoms with E-state index in [-0.39, 0.29) is 0 Å². The summed E-state index contributed by atoms with van der Waals surface area (Å²) in [7, 11) is 0. The molecule has 0 amide bonds. The van der Waals surface area contributed by atoms with Gasteiger partial charge in [0.05, 0.1) is 0 Å². The maximum atomic E-state index is 4.07. The zero-order valence-electron chi connectivity index (χ0n) is 6.40. The Hall–Kier alpha value is -0.520. The van der Waals surface area contributed by atoms with Crippen molar-refractivity contribution in [2.45, 2.75) is 32.1 Å². The van der Waals surface area contributed by atoms with Gasteiger partial charge in [-0.1, -0.05) is 24.6 Å². The smallest absolute Gasteiger partial charge is 0.0163 e. The Bertz CT molecular complexity index is 182. The fourth-order valence-corrected chi connectivity index (χ4v) is 1.87. The summed E-state index contributed by atoms with van der Waals surface area (Å²) < 4.78 is 0. The molecule has 54 valence electrons. The SMILES string of the molecule is C=C1CCC=C1C1CCC1. The molecule has 0 unspecified atom stereocenters. The average molecular weight is 134 g/mol. The number of hydrogen-bond acceptors (Lipinski definition) is 0. The molecule has 0 saturated heterocycles. The van der Waals surface area contributed by atoms with Gasteiger partial charge in [0, 0.05) is 0 Å². The maximum absolute atomic E-state index is 4.07. The monoisotopic (exact) mass is 134 g/mol. The lowest BCUT2D eigenvalue weighted by Crippen LogP contribution is -2.13. The quantitative estimate of drug-likeness (QED) is 0.517. The molecule has 10 heavy (non-hydrogen) atoms. The Morgan fingerprint density at radius 1 is 1.40 bits per heavy atom. The Morgan fingerprint density at radius 3 is 2.60 bits per heavy atom. The average Bonchev–Trinajstić information content (AvgIpc) is 2.12. The second-order valence-electron chi connectivity index (χ2n) is 3.43. The van der Waals surface area contributed by atoms with Gasteiger partial charge in [-0.15, -0.1) is 0 Å². The van der Waals surface area contributed by atoms with Gasteiger partial charge in [0.1, 0.15) is 0 Å². The first kappa shape index (κ1) is 6.21. The minimum absolute atomic E-state index is 0.912. The molecule has 1 saturated carbocycles. The fraction of sp³-hybridized carbons (Fsp3) is 0.600. The van der Waals surface area contributed by atoms with E-state index in [4.69, 9.17) is 0 Å². The van der Waals surface area contributed by atoms with E-state index in [2.05, 4.69) is 12.7 Å². The van der Waals surface area contributed by atoms with Crippen LogP contribution in [0.1, 0.15) is 32.1 Å². The van der Waals surface area contributed by atoms with Crippen molar-refractivity contribution in [1.29, 1.82) is 0 Å². The van der Waals surface area contributed by atoms with Gasteiger partial charge >= 0.3 is 0 Å². The van der Waals surface area contributed by atoms with Crippen molar-refractivity contribution in [3.63, 3.8) is 0 Å². The van der Waals surface area contributed by atoms with Crippen molar-refractivity contribution in [2.24, 2.45) is 5.92 Å². The van der Waals surface area contributed by atoms with E-state index in [0.717, 1.165) is 5.92 Å². The van der Waals surface area contributed by atoms with E-state index in [1.165, 1.54) is 37.7 Å². The van der Waals surface area contributed by atoms with Gasteiger partial charge in [0.2, 0.25) is 0 Å². The van der Waals surface area contributed by atoms with Crippen LogP contribution in [0.25, 0.3) is 0 Å². The van der Waals surface area contributed by atoms with Crippen LogP contribution in [-0.2, 0) is 0 Å². The summed E-state index contributed by atoms with van der Waals surface area (Å²) in [5.41, 5.74) is 3.02. The Balaban J connectivity index is 2.08. The summed E-state index contributed by atoms with van der Waals surface area (Å²) in [4.78, 5) is 0. The molecule has 0 aromatic heterocycles. The molecular formula is C10H14. The molecule has 0 atom stereocenters. The van der Waals surface area contributed by atoms with Crippen molar-refractivity contribution in [3.8, 4) is 0 Å². The summed E-state index contributed by atoms with van der Waals surface area (Å²) in [5.74, 6) is 0.912. The lowest BCUT2D eigenvalue weighted by Gasteiger charge is -2.27. The van der Waals surface area contributed by atoms with Crippen LogP contribution in [0.3, 0.4) is 0 Å². The van der Waals surface area contributed by atoms with Crippen molar-refractivity contribution >= 4 is 0 Å². The van der Waals surface area contributed by atoms with Crippen molar-refractivity contribution in [3.05, 3.63) is 23.8 Å². The Morgan fingerprint density at radius 2 is 2.20 bits per heavy atom. The second-order valence-corrected chi connectivity index (χ2v) is 3.43. The molecule has 0 aromatic rings. The van der Waals surface area contributed by atoms with E-state index in [1.54, 1.807) is 5.57 Å². The van der Waals surface area contributed by atoms with Crippen LogP contribution < -0.4 is 0 Å². The Labute approximate surface area is 62.6 Å². The van der Waals surface area contributed by atoms with Gasteiger partial charge in [-0.2, -0.15) is 0 Å². The van der Waals surface area contributed by atoms with Crippen LogP contribution in [0.5, 0.6) is 0 Å². The topological polar surface area (TPSA) is 0 Å². The van der Waals surface area contributed by atoms with Crippen LogP contribution in [0.4, 0.5) is 0 Å². The zero-order chi connectivity index (χ0) is 6.97. The fourth-order valence-electron chi connectivity index (χ4n) is 1.87. The van der Waals surface area contributed by atoms with Gasteiger partial charge < -0.3 is 0 Å². The van der Waals surface area contributed by atoms with Gasteiger partial charge in [-0.3, -0.25) is 0 Å². The van der Waals surface area contributed by atoms with E-state index in [1.807, 2.05) is 0 Å². The highest BCUT2D eigenvalue weighted by molar-refractivity contribution is 5.36. The maximum Gasteiger partial charge on any atom is -0.0163 e. The van der Waals surface area contributed by atoms with E-state index < -0.39 is 0 Å². The van der Waals surface area contributed by atoms with Crippen molar-refractivity contribution < 1.29 is 0 Å². The van der Waals surface area contributed by atoms with E-state index in [0.29, 0.717) is 0 Å². The first-order valence-electron chi connectivity index (χ1n) is 4.26. The molecule has 0 heterocycles. The molecule has 1 fully saturated rings. The molecule has 2 aliphatic carbocycles. The molecule has 2 aliphatic rings. The normalized spacial score (nSPS) is 26.4. The van der Waals surface area contributed by atoms with Gasteiger partial charge in [-0.05, 0) is 37.2 Å². The summed E-state index contributed by atoms with van der Waals surface area (Å²) >= 11 is 0. The molecule has 0 nitrogen and oxygen atoms in total. The van der Waals surface area contributed by atoms with Crippen molar-refractivity contribution in [1.82, 2.24) is 0 Å². The highest BCUT2D eigenvalue weighted by Gasteiger charge is 2.24. The van der Waals surface area contributed by atoms with Crippen LogP contribution >= 0.6 is 0 Å². The standard InChI is InChI=1S/C10H14/c1-8-4-2-7-10(8)9-5-3-6-9/h7,9H,1-6H2. The lowest BCUT2D eigenvalue weighted by atomic mass is 9.78. The van der Waals surface area contributed by atoms with Crippen LogP contribution in [0.2, 0.25) is 0 Å². The van der Waals surface area contributed by atoms with Gasteiger partial charge in [0.15, 0.2) is 0 Å². The number of rotatable bonds is 1.